The van der Waals surface area contributed by atoms with Crippen molar-refractivity contribution in [3.05, 3.63) is 28.2 Å². The van der Waals surface area contributed by atoms with Crippen molar-refractivity contribution in [2.75, 3.05) is 13.1 Å². The summed E-state index contributed by atoms with van der Waals surface area (Å²) in [7, 11) is -3.42. The number of halogens is 1. The number of rotatable bonds is 3. The number of sulfonamides is 1. The predicted octanol–water partition coefficient (Wildman–Crippen LogP) is 1.87. The Bertz CT molecular complexity index is 545. The summed E-state index contributed by atoms with van der Waals surface area (Å²) in [4.78, 5) is 0.334. The molecule has 1 aromatic carbocycles. The van der Waals surface area contributed by atoms with Crippen LogP contribution >= 0.6 is 15.9 Å². The van der Waals surface area contributed by atoms with Gasteiger partial charge in [-0.1, -0.05) is 22.0 Å². The molecule has 2 rings (SSSR count). The van der Waals surface area contributed by atoms with E-state index in [9.17, 15) is 8.42 Å². The second-order valence-corrected chi connectivity index (χ2v) is 7.30. The molecule has 0 amide bonds. The molecule has 0 spiro atoms. The van der Waals surface area contributed by atoms with Crippen molar-refractivity contribution in [1.29, 1.82) is 0 Å². The molecule has 1 aromatic rings. The average Bonchev–Trinajstić information content (AvgIpc) is 2.81. The van der Waals surface area contributed by atoms with Crippen LogP contribution in [0.1, 0.15) is 18.4 Å². The van der Waals surface area contributed by atoms with Crippen LogP contribution in [-0.2, 0) is 10.0 Å². The van der Waals surface area contributed by atoms with Crippen LogP contribution in [0.25, 0.3) is 0 Å². The van der Waals surface area contributed by atoms with Gasteiger partial charge >= 0.3 is 0 Å². The maximum atomic E-state index is 12.5. The lowest BCUT2D eigenvalue weighted by atomic mass is 10.2. The van der Waals surface area contributed by atoms with E-state index in [0.717, 1.165) is 22.9 Å². The van der Waals surface area contributed by atoms with Gasteiger partial charge in [0.05, 0.1) is 4.90 Å². The first-order chi connectivity index (χ1) is 8.46. The smallest absolute Gasteiger partial charge is 0.243 e. The quantitative estimate of drug-likeness (QED) is 0.918. The Labute approximate surface area is 116 Å². The van der Waals surface area contributed by atoms with E-state index < -0.39 is 10.0 Å². The van der Waals surface area contributed by atoms with Gasteiger partial charge in [-0.15, -0.1) is 0 Å². The molecule has 1 aliphatic rings. The molecule has 18 heavy (non-hydrogen) atoms. The molecule has 100 valence electrons. The van der Waals surface area contributed by atoms with Crippen LogP contribution in [0.3, 0.4) is 0 Å². The molecule has 0 radical (unpaired) electrons. The molecule has 1 heterocycles. The fraction of sp³-hybridized carbons (Fsp3) is 0.500. The molecule has 1 atom stereocenters. The zero-order valence-electron chi connectivity index (χ0n) is 10.3. The third-order valence-corrected chi connectivity index (χ3v) is 6.15. The number of nitrogens with zero attached hydrogens (tertiary/aromatic N) is 1. The summed E-state index contributed by atoms with van der Waals surface area (Å²) in [5, 5.41) is 0. The van der Waals surface area contributed by atoms with Crippen molar-refractivity contribution in [2.45, 2.75) is 30.7 Å². The summed E-state index contributed by atoms with van der Waals surface area (Å²) < 4.78 is 27.4. The van der Waals surface area contributed by atoms with Gasteiger partial charge in [0.15, 0.2) is 0 Å². The van der Waals surface area contributed by atoms with Gasteiger partial charge in [0.25, 0.3) is 0 Å². The standard InChI is InChI=1S/C12H17BrN2O2S/c1-9-4-5-11(7-12(9)13)18(16,17)15-6-2-3-10(15)8-14/h4-5,7,10H,2-3,6,8,14H2,1H3. The second-order valence-electron chi connectivity index (χ2n) is 4.56. The molecule has 1 saturated heterocycles. The Hall–Kier alpha value is -0.430. The molecule has 6 heteroatoms. The molecule has 0 aliphatic carbocycles. The Morgan fingerprint density at radius 2 is 2.22 bits per heavy atom. The van der Waals surface area contributed by atoms with Gasteiger partial charge in [-0.3, -0.25) is 0 Å². The van der Waals surface area contributed by atoms with Crippen LogP contribution in [0.15, 0.2) is 27.6 Å². The van der Waals surface area contributed by atoms with Crippen molar-refractivity contribution >= 4 is 26.0 Å². The van der Waals surface area contributed by atoms with Gasteiger partial charge in [0, 0.05) is 23.6 Å². The molecular weight excluding hydrogens is 316 g/mol. The Balaban J connectivity index is 2.38. The largest absolute Gasteiger partial charge is 0.329 e. The van der Waals surface area contributed by atoms with Gasteiger partial charge in [0.1, 0.15) is 0 Å². The van der Waals surface area contributed by atoms with Crippen molar-refractivity contribution in [3.63, 3.8) is 0 Å². The number of aryl methyl sites for hydroxylation is 1. The van der Waals surface area contributed by atoms with E-state index in [4.69, 9.17) is 5.73 Å². The fourth-order valence-electron chi connectivity index (χ4n) is 2.23. The lowest BCUT2D eigenvalue weighted by Gasteiger charge is -2.23. The van der Waals surface area contributed by atoms with E-state index in [1.54, 1.807) is 12.1 Å². The van der Waals surface area contributed by atoms with Crippen LogP contribution < -0.4 is 5.73 Å². The van der Waals surface area contributed by atoms with Gasteiger partial charge in [-0.05, 0) is 37.5 Å². The van der Waals surface area contributed by atoms with Crippen LogP contribution in [0.2, 0.25) is 0 Å². The SMILES string of the molecule is Cc1ccc(S(=O)(=O)N2CCCC2CN)cc1Br. The van der Waals surface area contributed by atoms with Crippen molar-refractivity contribution < 1.29 is 8.42 Å². The molecule has 0 bridgehead atoms. The van der Waals surface area contributed by atoms with Crippen molar-refractivity contribution in [1.82, 2.24) is 4.31 Å². The fourth-order valence-corrected chi connectivity index (χ4v) is 4.49. The number of hydrogen-bond donors (Lipinski definition) is 1. The molecular formula is C12H17BrN2O2S. The number of nitrogens with two attached hydrogens (primary N) is 1. The molecule has 2 N–H and O–H groups in total. The third kappa shape index (κ3) is 2.47. The van der Waals surface area contributed by atoms with Crippen LogP contribution in [0.4, 0.5) is 0 Å². The minimum Gasteiger partial charge on any atom is -0.329 e. The molecule has 0 aromatic heterocycles. The molecule has 1 unspecified atom stereocenters. The predicted molar refractivity (Wildman–Crippen MR) is 74.8 cm³/mol. The van der Waals surface area contributed by atoms with Crippen LogP contribution in [-0.4, -0.2) is 31.9 Å². The maximum absolute atomic E-state index is 12.5. The van der Waals surface area contributed by atoms with Crippen LogP contribution in [0.5, 0.6) is 0 Å². The summed E-state index contributed by atoms with van der Waals surface area (Å²) in [6.07, 6.45) is 1.73. The highest BCUT2D eigenvalue weighted by Gasteiger charge is 2.34. The monoisotopic (exact) mass is 332 g/mol. The molecule has 0 saturated carbocycles. The summed E-state index contributed by atoms with van der Waals surface area (Å²) in [5.74, 6) is 0. The minimum absolute atomic E-state index is 0.0601. The third-order valence-electron chi connectivity index (χ3n) is 3.35. The highest BCUT2D eigenvalue weighted by atomic mass is 79.9. The lowest BCUT2D eigenvalue weighted by molar-refractivity contribution is 0.393. The summed E-state index contributed by atoms with van der Waals surface area (Å²) in [6, 6.07) is 5.07. The van der Waals surface area contributed by atoms with Crippen molar-refractivity contribution in [3.8, 4) is 0 Å². The summed E-state index contributed by atoms with van der Waals surface area (Å²) >= 11 is 3.37. The summed E-state index contributed by atoms with van der Waals surface area (Å²) in [5.41, 5.74) is 6.66. The molecule has 1 aliphatic heterocycles. The highest BCUT2D eigenvalue weighted by Crippen LogP contribution is 2.28. The highest BCUT2D eigenvalue weighted by molar-refractivity contribution is 9.10. The van der Waals surface area contributed by atoms with Gasteiger partial charge < -0.3 is 5.73 Å². The van der Waals surface area contributed by atoms with E-state index >= 15 is 0 Å². The molecule has 1 fully saturated rings. The molecule has 4 nitrogen and oxygen atoms in total. The van der Waals surface area contributed by atoms with E-state index in [2.05, 4.69) is 15.9 Å². The maximum Gasteiger partial charge on any atom is 0.243 e. The average molecular weight is 333 g/mol. The zero-order valence-corrected chi connectivity index (χ0v) is 12.7. The first-order valence-corrected chi connectivity index (χ1v) is 8.18. The van der Waals surface area contributed by atoms with Gasteiger partial charge in [0.2, 0.25) is 10.0 Å². The Morgan fingerprint density at radius 3 is 2.83 bits per heavy atom. The van der Waals surface area contributed by atoms with E-state index in [1.807, 2.05) is 13.0 Å². The Morgan fingerprint density at radius 1 is 1.50 bits per heavy atom. The first-order valence-electron chi connectivity index (χ1n) is 5.95. The van der Waals surface area contributed by atoms with Gasteiger partial charge in [-0.25, -0.2) is 8.42 Å². The first kappa shape index (κ1) is 14.0. The van der Waals surface area contributed by atoms with Crippen molar-refractivity contribution in [2.24, 2.45) is 5.73 Å². The number of hydrogen-bond acceptors (Lipinski definition) is 3. The van der Waals surface area contributed by atoms with Crippen LogP contribution in [0, 0.1) is 6.92 Å². The van der Waals surface area contributed by atoms with E-state index in [1.165, 1.54) is 4.31 Å². The number of benzene rings is 1. The normalized spacial score (nSPS) is 21.4. The second kappa shape index (κ2) is 5.28. The Kier molecular flexibility index (Phi) is 4.11. The topological polar surface area (TPSA) is 63.4 Å². The minimum atomic E-state index is -3.42. The van der Waals surface area contributed by atoms with E-state index in [-0.39, 0.29) is 6.04 Å². The summed E-state index contributed by atoms with van der Waals surface area (Å²) in [6.45, 7) is 2.88. The van der Waals surface area contributed by atoms with E-state index in [0.29, 0.717) is 18.0 Å². The van der Waals surface area contributed by atoms with Gasteiger partial charge in [-0.2, -0.15) is 4.31 Å². The lowest BCUT2D eigenvalue weighted by Crippen LogP contribution is -2.39. The zero-order chi connectivity index (χ0) is 13.3.